The molecule has 2 heterocycles. The first-order valence-corrected chi connectivity index (χ1v) is 9.10. The molecule has 25 heavy (non-hydrogen) atoms. The number of carbonyl (C=O) groups excluding carboxylic acids is 2. The second kappa shape index (κ2) is 8.23. The summed E-state index contributed by atoms with van der Waals surface area (Å²) < 4.78 is 11.3. The Bertz CT molecular complexity index is 632. The molecule has 0 aromatic heterocycles. The van der Waals surface area contributed by atoms with Crippen LogP contribution in [0.1, 0.15) is 50.6 Å². The summed E-state index contributed by atoms with van der Waals surface area (Å²) in [5.41, 5.74) is 0.958. The summed E-state index contributed by atoms with van der Waals surface area (Å²) in [6.45, 7) is 4.02. The van der Waals surface area contributed by atoms with Gasteiger partial charge in [-0.2, -0.15) is 0 Å². The molecule has 2 aliphatic rings. The molecule has 0 bridgehead atoms. The van der Waals surface area contributed by atoms with Gasteiger partial charge in [-0.25, -0.2) is 0 Å². The van der Waals surface area contributed by atoms with Crippen LogP contribution < -0.4 is 14.8 Å². The van der Waals surface area contributed by atoms with Crippen molar-refractivity contribution in [2.45, 2.75) is 45.1 Å². The lowest BCUT2D eigenvalue weighted by Gasteiger charge is -2.22. The minimum absolute atomic E-state index is 0.0795. The minimum atomic E-state index is -0.160. The van der Waals surface area contributed by atoms with E-state index in [1.54, 1.807) is 4.90 Å². The lowest BCUT2D eigenvalue weighted by molar-refractivity contribution is -0.135. The number of rotatable bonds is 4. The zero-order valence-electron chi connectivity index (χ0n) is 14.8. The van der Waals surface area contributed by atoms with Crippen LogP contribution >= 0.6 is 0 Å². The van der Waals surface area contributed by atoms with E-state index in [9.17, 15) is 9.59 Å². The van der Waals surface area contributed by atoms with Crippen molar-refractivity contribution in [2.75, 3.05) is 26.3 Å². The summed E-state index contributed by atoms with van der Waals surface area (Å²) in [4.78, 5) is 26.0. The smallest absolute Gasteiger partial charge is 0.240 e. The van der Waals surface area contributed by atoms with E-state index in [1.165, 1.54) is 0 Å². The molecule has 3 rings (SSSR count). The molecular weight excluding hydrogens is 320 g/mol. The lowest BCUT2D eigenvalue weighted by atomic mass is 10.1. The van der Waals surface area contributed by atoms with Crippen molar-refractivity contribution in [2.24, 2.45) is 0 Å². The maximum Gasteiger partial charge on any atom is 0.240 e. The number of fused-ring (bicyclic) bond motifs is 1. The topological polar surface area (TPSA) is 67.9 Å². The molecule has 1 aromatic carbocycles. The van der Waals surface area contributed by atoms with Crippen molar-refractivity contribution in [3.8, 4) is 11.5 Å². The molecule has 1 N–H and O–H groups in total. The van der Waals surface area contributed by atoms with Crippen LogP contribution in [0.15, 0.2) is 18.2 Å². The number of likely N-dealkylation sites (tertiary alicyclic amines) is 1. The molecule has 1 atom stereocenters. The molecule has 2 amide bonds. The standard InChI is InChI=1S/C19H26N2O4/c1-14(15-7-8-16-17(12-15)25-11-5-10-24-16)20-18(22)13-21-9-4-2-3-6-19(21)23/h7-8,12,14H,2-6,9-11,13H2,1H3,(H,20,22)/t14-/m0/s1. The lowest BCUT2D eigenvalue weighted by Crippen LogP contribution is -2.41. The molecule has 0 radical (unpaired) electrons. The number of nitrogens with one attached hydrogen (secondary N) is 1. The minimum Gasteiger partial charge on any atom is -0.490 e. The number of hydrogen-bond donors (Lipinski definition) is 1. The molecule has 136 valence electrons. The van der Waals surface area contributed by atoms with Crippen molar-refractivity contribution >= 4 is 11.8 Å². The van der Waals surface area contributed by atoms with Crippen LogP contribution in [0.4, 0.5) is 0 Å². The SMILES string of the molecule is C[C@H](NC(=O)CN1CCCCCC1=O)c1ccc2c(c1)OCCCO2. The van der Waals surface area contributed by atoms with Crippen LogP contribution in [0.3, 0.4) is 0 Å². The highest BCUT2D eigenvalue weighted by atomic mass is 16.5. The summed E-state index contributed by atoms with van der Waals surface area (Å²) in [5.74, 6) is 1.42. The fourth-order valence-electron chi connectivity index (χ4n) is 3.20. The number of carbonyl (C=O) groups is 2. The van der Waals surface area contributed by atoms with Gasteiger partial charge in [-0.05, 0) is 37.5 Å². The van der Waals surface area contributed by atoms with Gasteiger partial charge in [-0.15, -0.1) is 0 Å². The first kappa shape index (κ1) is 17.6. The van der Waals surface area contributed by atoms with Gasteiger partial charge in [0.15, 0.2) is 11.5 Å². The van der Waals surface area contributed by atoms with E-state index >= 15 is 0 Å². The molecule has 6 heteroatoms. The summed E-state index contributed by atoms with van der Waals surface area (Å²) in [6, 6.07) is 5.58. The third-order valence-electron chi connectivity index (χ3n) is 4.65. The summed E-state index contributed by atoms with van der Waals surface area (Å²) >= 11 is 0. The summed E-state index contributed by atoms with van der Waals surface area (Å²) in [6.07, 6.45) is 4.35. The highest BCUT2D eigenvalue weighted by Crippen LogP contribution is 2.32. The van der Waals surface area contributed by atoms with Gasteiger partial charge in [0.05, 0.1) is 25.8 Å². The first-order valence-electron chi connectivity index (χ1n) is 9.10. The highest BCUT2D eigenvalue weighted by Gasteiger charge is 2.21. The van der Waals surface area contributed by atoms with E-state index in [0.717, 1.165) is 42.7 Å². The largest absolute Gasteiger partial charge is 0.490 e. The van der Waals surface area contributed by atoms with Crippen LogP contribution in [-0.4, -0.2) is 43.0 Å². The molecule has 0 unspecified atom stereocenters. The third kappa shape index (κ3) is 4.65. The van der Waals surface area contributed by atoms with E-state index in [2.05, 4.69) is 5.32 Å². The Kier molecular flexibility index (Phi) is 5.79. The van der Waals surface area contributed by atoms with Gasteiger partial charge in [0.1, 0.15) is 0 Å². The van der Waals surface area contributed by atoms with Crippen molar-refractivity contribution in [3.05, 3.63) is 23.8 Å². The first-order chi connectivity index (χ1) is 12.1. The Labute approximate surface area is 148 Å². The van der Waals surface area contributed by atoms with Crippen molar-refractivity contribution in [1.82, 2.24) is 10.2 Å². The van der Waals surface area contributed by atoms with Crippen LogP contribution in [0.2, 0.25) is 0 Å². The number of nitrogens with zero attached hydrogens (tertiary/aromatic N) is 1. The maximum atomic E-state index is 12.3. The molecular formula is C19H26N2O4. The fourth-order valence-corrected chi connectivity index (χ4v) is 3.20. The van der Waals surface area contributed by atoms with Gasteiger partial charge in [-0.1, -0.05) is 12.5 Å². The van der Waals surface area contributed by atoms with Crippen LogP contribution in [0, 0.1) is 0 Å². The van der Waals surface area contributed by atoms with Gasteiger partial charge < -0.3 is 19.7 Å². The quantitative estimate of drug-likeness (QED) is 0.909. The van der Waals surface area contributed by atoms with Crippen LogP contribution in [0.5, 0.6) is 11.5 Å². The number of hydrogen-bond acceptors (Lipinski definition) is 4. The second-order valence-electron chi connectivity index (χ2n) is 6.67. The van der Waals surface area contributed by atoms with Gasteiger partial charge in [0, 0.05) is 19.4 Å². The predicted octanol–water partition coefficient (Wildman–Crippen LogP) is 2.43. The average molecular weight is 346 g/mol. The van der Waals surface area contributed by atoms with Gasteiger partial charge in [0.2, 0.25) is 11.8 Å². The molecule has 2 aliphatic heterocycles. The molecule has 1 fully saturated rings. The Morgan fingerprint density at radius 2 is 1.96 bits per heavy atom. The zero-order chi connectivity index (χ0) is 17.6. The number of benzene rings is 1. The van der Waals surface area contributed by atoms with E-state index in [0.29, 0.717) is 26.2 Å². The third-order valence-corrected chi connectivity index (χ3v) is 4.65. The van der Waals surface area contributed by atoms with Gasteiger partial charge >= 0.3 is 0 Å². The zero-order valence-corrected chi connectivity index (χ0v) is 14.8. The monoisotopic (exact) mass is 346 g/mol. The molecule has 1 saturated heterocycles. The Morgan fingerprint density at radius 1 is 1.16 bits per heavy atom. The number of amides is 2. The molecule has 0 saturated carbocycles. The Morgan fingerprint density at radius 3 is 2.80 bits per heavy atom. The molecule has 0 aliphatic carbocycles. The Balaban J connectivity index is 1.59. The van der Waals surface area contributed by atoms with E-state index < -0.39 is 0 Å². The maximum absolute atomic E-state index is 12.3. The van der Waals surface area contributed by atoms with Crippen LogP contribution in [0.25, 0.3) is 0 Å². The van der Waals surface area contributed by atoms with Crippen molar-refractivity contribution in [3.63, 3.8) is 0 Å². The van der Waals surface area contributed by atoms with Crippen molar-refractivity contribution in [1.29, 1.82) is 0 Å². The number of ether oxygens (including phenoxy) is 2. The van der Waals surface area contributed by atoms with Gasteiger partial charge in [-0.3, -0.25) is 9.59 Å². The molecule has 6 nitrogen and oxygen atoms in total. The van der Waals surface area contributed by atoms with Crippen molar-refractivity contribution < 1.29 is 19.1 Å². The van der Waals surface area contributed by atoms with E-state index in [1.807, 2.05) is 25.1 Å². The van der Waals surface area contributed by atoms with Crippen LogP contribution in [-0.2, 0) is 9.59 Å². The normalized spacial score (nSPS) is 18.9. The summed E-state index contributed by atoms with van der Waals surface area (Å²) in [7, 11) is 0. The predicted molar refractivity (Wildman–Crippen MR) is 93.7 cm³/mol. The fraction of sp³-hybridized carbons (Fsp3) is 0.579. The highest BCUT2D eigenvalue weighted by molar-refractivity contribution is 5.85. The van der Waals surface area contributed by atoms with E-state index in [-0.39, 0.29) is 24.4 Å². The second-order valence-corrected chi connectivity index (χ2v) is 6.67. The molecule has 1 aromatic rings. The Hall–Kier alpha value is -2.24. The average Bonchev–Trinajstić information content (AvgIpc) is 2.95. The molecule has 0 spiro atoms. The van der Waals surface area contributed by atoms with E-state index in [4.69, 9.17) is 9.47 Å². The van der Waals surface area contributed by atoms with Gasteiger partial charge in [0.25, 0.3) is 0 Å². The summed E-state index contributed by atoms with van der Waals surface area (Å²) in [5, 5.41) is 2.98.